The zero-order valence-electron chi connectivity index (χ0n) is 11.8. The van der Waals surface area contributed by atoms with Crippen molar-refractivity contribution in [1.29, 1.82) is 0 Å². The summed E-state index contributed by atoms with van der Waals surface area (Å²) < 4.78 is 0. The molecular weight excluding hydrogens is 280 g/mol. The Morgan fingerprint density at radius 3 is 2.52 bits per heavy atom. The summed E-state index contributed by atoms with van der Waals surface area (Å²) in [5.74, 6) is -0.712. The molecule has 1 aliphatic rings. The van der Waals surface area contributed by atoms with Crippen molar-refractivity contribution >= 4 is 28.5 Å². The van der Waals surface area contributed by atoms with Crippen LogP contribution in [0, 0.1) is 5.92 Å². The van der Waals surface area contributed by atoms with Gasteiger partial charge >= 0.3 is 0 Å². The van der Waals surface area contributed by atoms with Gasteiger partial charge in [0.15, 0.2) is 5.78 Å². The van der Waals surface area contributed by atoms with Crippen LogP contribution in [-0.2, 0) is 9.59 Å². The van der Waals surface area contributed by atoms with Crippen LogP contribution < -0.4 is 0 Å². The molecule has 0 unspecified atom stereocenters. The molecule has 0 spiro atoms. The van der Waals surface area contributed by atoms with Crippen LogP contribution in [-0.4, -0.2) is 11.6 Å². The fourth-order valence-electron chi connectivity index (χ4n) is 3.00. The number of hydrogen-bond donors (Lipinski definition) is 0. The maximum absolute atomic E-state index is 12.4. The second-order valence-corrected chi connectivity index (χ2v) is 6.31. The molecule has 0 bridgehead atoms. The molecule has 3 rings (SSSR count). The van der Waals surface area contributed by atoms with Crippen LogP contribution in [0.5, 0.6) is 0 Å². The number of Topliss-reactive ketones (excluding diaryl/α,β-unsaturated/α-hetero) is 1. The fourth-order valence-corrected chi connectivity index (χ4v) is 3.76. The number of carbonyl (C=O) groups is 2. The van der Waals surface area contributed by atoms with Crippen molar-refractivity contribution in [3.63, 3.8) is 0 Å². The molecule has 2 nitrogen and oxygen atoms in total. The molecule has 0 fully saturated rings. The van der Waals surface area contributed by atoms with Crippen LogP contribution >= 0.6 is 11.3 Å². The van der Waals surface area contributed by atoms with Gasteiger partial charge in [-0.05, 0) is 42.0 Å². The van der Waals surface area contributed by atoms with E-state index in [2.05, 4.69) is 0 Å². The first-order valence-corrected chi connectivity index (χ1v) is 7.88. The quantitative estimate of drug-likeness (QED) is 0.799. The van der Waals surface area contributed by atoms with Crippen LogP contribution in [0.25, 0.3) is 5.57 Å². The van der Waals surface area contributed by atoms with Gasteiger partial charge in [-0.3, -0.25) is 9.59 Å². The summed E-state index contributed by atoms with van der Waals surface area (Å²) in [5, 5.41) is 2.01. The van der Waals surface area contributed by atoms with E-state index in [0.29, 0.717) is 0 Å². The fraction of sp³-hybridized carbons (Fsp3) is 0.222. The Kier molecular flexibility index (Phi) is 3.84. The molecule has 0 radical (unpaired) electrons. The molecule has 106 valence electrons. The number of benzene rings is 1. The first kappa shape index (κ1) is 14.0. The molecule has 1 aromatic heterocycles. The number of hydrogen-bond acceptors (Lipinski definition) is 3. The Bertz CT molecular complexity index is 683. The molecule has 0 saturated heterocycles. The number of thiophene rings is 1. The van der Waals surface area contributed by atoms with Crippen LogP contribution in [0.1, 0.15) is 29.7 Å². The molecule has 1 aliphatic carbocycles. The van der Waals surface area contributed by atoms with Gasteiger partial charge < -0.3 is 0 Å². The van der Waals surface area contributed by atoms with E-state index in [-0.39, 0.29) is 17.5 Å². The van der Waals surface area contributed by atoms with Crippen LogP contribution in [0.15, 0.2) is 53.9 Å². The van der Waals surface area contributed by atoms with Crippen molar-refractivity contribution in [1.82, 2.24) is 0 Å². The standard InChI is InChI=1S/C18H16O2S/c1-12(19)18-15(13-6-3-2-4-7-13)10-14(11-16(18)20)17-8-5-9-21-17/h2-9,11,15,18H,10H2,1H3/t15-,18-/m0/s1. The Balaban J connectivity index is 2.03. The third-order valence-electron chi connectivity index (χ3n) is 3.97. The van der Waals surface area contributed by atoms with E-state index in [9.17, 15) is 9.59 Å². The average molecular weight is 296 g/mol. The van der Waals surface area contributed by atoms with Crippen molar-refractivity contribution in [3.05, 3.63) is 64.4 Å². The Labute approximate surface area is 128 Å². The zero-order valence-corrected chi connectivity index (χ0v) is 12.6. The normalized spacial score (nSPS) is 22.0. The SMILES string of the molecule is CC(=O)[C@@H]1C(=O)C=C(c2cccs2)C[C@H]1c1ccccc1. The van der Waals surface area contributed by atoms with Crippen molar-refractivity contribution in [2.24, 2.45) is 5.92 Å². The lowest BCUT2D eigenvalue weighted by atomic mass is 9.73. The lowest BCUT2D eigenvalue weighted by Gasteiger charge is -2.29. The molecule has 0 aliphatic heterocycles. The summed E-state index contributed by atoms with van der Waals surface area (Å²) in [7, 11) is 0. The van der Waals surface area contributed by atoms with E-state index >= 15 is 0 Å². The van der Waals surface area contributed by atoms with Gasteiger partial charge in [-0.25, -0.2) is 0 Å². The van der Waals surface area contributed by atoms with E-state index in [1.165, 1.54) is 6.92 Å². The van der Waals surface area contributed by atoms with Gasteiger partial charge in [0.25, 0.3) is 0 Å². The first-order valence-electron chi connectivity index (χ1n) is 7.00. The van der Waals surface area contributed by atoms with Crippen LogP contribution in [0.4, 0.5) is 0 Å². The van der Waals surface area contributed by atoms with E-state index < -0.39 is 5.92 Å². The van der Waals surface area contributed by atoms with Gasteiger partial charge in [-0.1, -0.05) is 36.4 Å². The molecule has 2 atom stereocenters. The summed E-state index contributed by atoms with van der Waals surface area (Å²) >= 11 is 1.63. The van der Waals surface area contributed by atoms with Gasteiger partial charge in [-0.2, -0.15) is 0 Å². The Morgan fingerprint density at radius 1 is 1.14 bits per heavy atom. The highest BCUT2D eigenvalue weighted by molar-refractivity contribution is 7.11. The Morgan fingerprint density at radius 2 is 1.90 bits per heavy atom. The molecular formula is C18H16O2S. The third-order valence-corrected chi connectivity index (χ3v) is 4.91. The average Bonchev–Trinajstić information content (AvgIpc) is 3.01. The second-order valence-electron chi connectivity index (χ2n) is 5.36. The van der Waals surface area contributed by atoms with E-state index in [1.807, 2.05) is 47.8 Å². The van der Waals surface area contributed by atoms with Gasteiger partial charge in [0.1, 0.15) is 5.78 Å². The van der Waals surface area contributed by atoms with Crippen molar-refractivity contribution in [3.8, 4) is 0 Å². The topological polar surface area (TPSA) is 34.1 Å². The second kappa shape index (κ2) is 5.78. The van der Waals surface area contributed by atoms with Gasteiger partial charge in [0, 0.05) is 10.8 Å². The van der Waals surface area contributed by atoms with E-state index in [0.717, 1.165) is 22.4 Å². The molecule has 0 saturated carbocycles. The smallest absolute Gasteiger partial charge is 0.167 e. The monoisotopic (exact) mass is 296 g/mol. The number of ketones is 2. The molecule has 2 aromatic rings. The van der Waals surface area contributed by atoms with E-state index in [4.69, 9.17) is 0 Å². The van der Waals surface area contributed by atoms with Crippen molar-refractivity contribution in [2.45, 2.75) is 19.3 Å². The first-order chi connectivity index (χ1) is 10.2. The minimum atomic E-state index is -0.545. The third kappa shape index (κ3) is 2.74. The van der Waals surface area contributed by atoms with Gasteiger partial charge in [0.05, 0.1) is 5.92 Å². The summed E-state index contributed by atoms with van der Waals surface area (Å²) in [6.07, 6.45) is 2.40. The molecule has 3 heteroatoms. The summed E-state index contributed by atoms with van der Waals surface area (Å²) in [6.45, 7) is 1.52. The molecule has 1 heterocycles. The highest BCUT2D eigenvalue weighted by Crippen LogP contribution is 2.40. The number of allylic oxidation sites excluding steroid dienone is 2. The molecule has 0 amide bonds. The predicted molar refractivity (Wildman–Crippen MR) is 85.3 cm³/mol. The highest BCUT2D eigenvalue weighted by Gasteiger charge is 2.36. The van der Waals surface area contributed by atoms with Crippen LogP contribution in [0.3, 0.4) is 0 Å². The van der Waals surface area contributed by atoms with E-state index in [1.54, 1.807) is 17.4 Å². The van der Waals surface area contributed by atoms with Crippen LogP contribution in [0.2, 0.25) is 0 Å². The molecule has 0 N–H and O–H groups in total. The lowest BCUT2D eigenvalue weighted by Crippen LogP contribution is -2.31. The minimum absolute atomic E-state index is 0.0460. The number of carbonyl (C=O) groups excluding carboxylic acids is 2. The summed E-state index contributed by atoms with van der Waals surface area (Å²) in [5.41, 5.74) is 2.11. The highest BCUT2D eigenvalue weighted by atomic mass is 32.1. The largest absolute Gasteiger partial charge is 0.299 e. The maximum Gasteiger partial charge on any atom is 0.167 e. The zero-order chi connectivity index (χ0) is 14.8. The van der Waals surface area contributed by atoms with Gasteiger partial charge in [0.2, 0.25) is 0 Å². The number of rotatable bonds is 3. The lowest BCUT2D eigenvalue weighted by molar-refractivity contribution is -0.130. The van der Waals surface area contributed by atoms with Crippen molar-refractivity contribution in [2.75, 3.05) is 0 Å². The maximum atomic E-state index is 12.4. The summed E-state index contributed by atoms with van der Waals surface area (Å²) in [4.78, 5) is 25.5. The molecule has 21 heavy (non-hydrogen) atoms. The van der Waals surface area contributed by atoms with Gasteiger partial charge in [-0.15, -0.1) is 11.3 Å². The molecule has 1 aromatic carbocycles. The van der Waals surface area contributed by atoms with Crippen molar-refractivity contribution < 1.29 is 9.59 Å². The Hall–Kier alpha value is -2.00. The summed E-state index contributed by atoms with van der Waals surface area (Å²) in [6, 6.07) is 13.9. The minimum Gasteiger partial charge on any atom is -0.299 e. The predicted octanol–water partition coefficient (Wildman–Crippen LogP) is 4.09.